The highest BCUT2D eigenvalue weighted by atomic mass is 16.5. The van der Waals surface area contributed by atoms with Crippen molar-refractivity contribution in [3.63, 3.8) is 0 Å². The van der Waals surface area contributed by atoms with Gasteiger partial charge in [-0.1, -0.05) is 0 Å². The van der Waals surface area contributed by atoms with E-state index in [9.17, 15) is 9.59 Å². The summed E-state index contributed by atoms with van der Waals surface area (Å²) in [6.07, 6.45) is 0. The second-order valence-corrected chi connectivity index (χ2v) is 4.80. The van der Waals surface area contributed by atoms with Crippen LogP contribution in [0, 0.1) is 5.41 Å². The second-order valence-electron chi connectivity index (χ2n) is 4.80. The van der Waals surface area contributed by atoms with Gasteiger partial charge in [-0.15, -0.1) is 0 Å². The van der Waals surface area contributed by atoms with Crippen LogP contribution in [0.5, 0.6) is 0 Å². The molecule has 116 valence electrons. The number of carboxylic acid groups (broad SMARTS) is 1. The van der Waals surface area contributed by atoms with Crippen LogP contribution in [-0.4, -0.2) is 69.8 Å². The van der Waals surface area contributed by atoms with E-state index >= 15 is 0 Å². The Morgan fingerprint density at radius 3 is 2.80 bits per heavy atom. The zero-order valence-electron chi connectivity index (χ0n) is 11.8. The van der Waals surface area contributed by atoms with Gasteiger partial charge in [0.05, 0.1) is 39.1 Å². The van der Waals surface area contributed by atoms with Crippen LogP contribution in [0.4, 0.5) is 4.79 Å². The molecule has 1 aliphatic heterocycles. The van der Waals surface area contributed by atoms with Gasteiger partial charge in [-0.25, -0.2) is 4.79 Å². The number of amides is 2. The fourth-order valence-corrected chi connectivity index (χ4v) is 1.78. The number of hydrogen-bond acceptors (Lipinski definition) is 5. The van der Waals surface area contributed by atoms with Crippen LogP contribution in [0.3, 0.4) is 0 Å². The standard InChI is InChI=1S/C12H22N2O6/c1-12(10(15)16)8-20-7-9(12)14-11(17)13-3-4-19-6-5-18-2/h9H,3-8H2,1-2H3,(H,15,16)(H2,13,14,17). The molecule has 2 unspecified atom stereocenters. The van der Waals surface area contributed by atoms with Crippen molar-refractivity contribution in [1.82, 2.24) is 10.6 Å². The molecule has 0 aliphatic carbocycles. The molecular formula is C12H22N2O6. The number of rotatable bonds is 8. The van der Waals surface area contributed by atoms with Crippen molar-refractivity contribution in [2.45, 2.75) is 13.0 Å². The van der Waals surface area contributed by atoms with Crippen LogP contribution in [0.1, 0.15) is 6.92 Å². The van der Waals surface area contributed by atoms with Gasteiger partial charge in [-0.3, -0.25) is 4.79 Å². The maximum atomic E-state index is 11.6. The van der Waals surface area contributed by atoms with Crippen molar-refractivity contribution in [2.75, 3.05) is 46.7 Å². The predicted molar refractivity (Wildman–Crippen MR) is 69.6 cm³/mol. The average molecular weight is 290 g/mol. The Morgan fingerprint density at radius 2 is 2.15 bits per heavy atom. The number of carbonyl (C=O) groups excluding carboxylic acids is 1. The van der Waals surface area contributed by atoms with E-state index in [4.69, 9.17) is 19.3 Å². The first kappa shape index (κ1) is 16.7. The van der Waals surface area contributed by atoms with Crippen LogP contribution in [0.25, 0.3) is 0 Å². The van der Waals surface area contributed by atoms with Gasteiger partial charge in [-0.2, -0.15) is 0 Å². The molecule has 0 aromatic carbocycles. The number of nitrogens with one attached hydrogen (secondary N) is 2. The lowest BCUT2D eigenvalue weighted by Gasteiger charge is -2.25. The van der Waals surface area contributed by atoms with Gasteiger partial charge < -0.3 is 30.0 Å². The van der Waals surface area contributed by atoms with Crippen LogP contribution in [0.15, 0.2) is 0 Å². The number of ether oxygens (including phenoxy) is 3. The Balaban J connectivity index is 2.23. The smallest absolute Gasteiger partial charge is 0.315 e. The lowest BCUT2D eigenvalue weighted by atomic mass is 9.85. The molecule has 20 heavy (non-hydrogen) atoms. The topological polar surface area (TPSA) is 106 Å². The molecule has 3 N–H and O–H groups in total. The maximum Gasteiger partial charge on any atom is 0.315 e. The average Bonchev–Trinajstić information content (AvgIpc) is 2.76. The van der Waals surface area contributed by atoms with E-state index in [1.165, 1.54) is 0 Å². The highest BCUT2D eigenvalue weighted by Crippen LogP contribution is 2.28. The summed E-state index contributed by atoms with van der Waals surface area (Å²) in [5.41, 5.74) is -1.09. The molecule has 0 bridgehead atoms. The summed E-state index contributed by atoms with van der Waals surface area (Å²) in [7, 11) is 1.58. The van der Waals surface area contributed by atoms with Crippen LogP contribution >= 0.6 is 0 Å². The normalized spacial score (nSPS) is 25.4. The molecule has 1 heterocycles. The monoisotopic (exact) mass is 290 g/mol. The summed E-state index contributed by atoms with van der Waals surface area (Å²) in [6, 6.07) is -0.974. The van der Waals surface area contributed by atoms with E-state index < -0.39 is 23.5 Å². The van der Waals surface area contributed by atoms with Crippen LogP contribution in [0.2, 0.25) is 0 Å². The molecule has 0 spiro atoms. The number of hydrogen-bond donors (Lipinski definition) is 3. The molecule has 0 radical (unpaired) electrons. The summed E-state index contributed by atoms with van der Waals surface area (Å²) in [5.74, 6) is -0.983. The summed E-state index contributed by atoms with van der Waals surface area (Å²) in [6.45, 7) is 3.52. The lowest BCUT2D eigenvalue weighted by Crippen LogP contribution is -2.52. The van der Waals surface area contributed by atoms with Gasteiger partial charge in [-0.05, 0) is 6.92 Å². The van der Waals surface area contributed by atoms with Crippen molar-refractivity contribution in [3.8, 4) is 0 Å². The van der Waals surface area contributed by atoms with E-state index in [0.29, 0.717) is 26.4 Å². The molecule has 8 nitrogen and oxygen atoms in total. The molecule has 0 saturated carbocycles. The minimum atomic E-state index is -1.09. The molecule has 1 aliphatic rings. The third kappa shape index (κ3) is 4.62. The molecule has 1 saturated heterocycles. The fourth-order valence-electron chi connectivity index (χ4n) is 1.78. The van der Waals surface area contributed by atoms with Crippen molar-refractivity contribution in [3.05, 3.63) is 0 Å². The SMILES string of the molecule is COCCOCCNC(=O)NC1COCC1(C)C(=O)O. The van der Waals surface area contributed by atoms with Crippen molar-refractivity contribution >= 4 is 12.0 Å². The van der Waals surface area contributed by atoms with E-state index in [1.807, 2.05) is 0 Å². The molecule has 1 fully saturated rings. The molecule has 2 amide bonds. The number of aliphatic carboxylic acids is 1. The Hall–Kier alpha value is -1.38. The minimum Gasteiger partial charge on any atom is -0.481 e. The second kappa shape index (κ2) is 8.03. The Kier molecular flexibility index (Phi) is 6.69. The first-order chi connectivity index (χ1) is 9.50. The Morgan fingerprint density at radius 1 is 1.40 bits per heavy atom. The number of urea groups is 1. The van der Waals surface area contributed by atoms with Crippen molar-refractivity contribution in [2.24, 2.45) is 5.41 Å². The highest BCUT2D eigenvalue weighted by Gasteiger charge is 2.47. The zero-order chi connectivity index (χ0) is 15.0. The van der Waals surface area contributed by atoms with Gasteiger partial charge in [0.1, 0.15) is 5.41 Å². The van der Waals surface area contributed by atoms with E-state index in [-0.39, 0.29) is 13.2 Å². The summed E-state index contributed by atoms with van der Waals surface area (Å²) in [4.78, 5) is 22.8. The number of methoxy groups -OCH3 is 1. The maximum absolute atomic E-state index is 11.6. The summed E-state index contributed by atoms with van der Waals surface area (Å²) < 4.78 is 15.1. The van der Waals surface area contributed by atoms with Gasteiger partial charge in [0, 0.05) is 13.7 Å². The van der Waals surface area contributed by atoms with Gasteiger partial charge >= 0.3 is 12.0 Å². The third-order valence-corrected chi connectivity index (χ3v) is 3.21. The molecule has 8 heteroatoms. The largest absolute Gasteiger partial charge is 0.481 e. The summed E-state index contributed by atoms with van der Waals surface area (Å²) in [5, 5.41) is 14.4. The van der Waals surface area contributed by atoms with E-state index in [2.05, 4.69) is 10.6 Å². The zero-order valence-corrected chi connectivity index (χ0v) is 11.8. The van der Waals surface area contributed by atoms with Gasteiger partial charge in [0.25, 0.3) is 0 Å². The molecule has 0 aromatic heterocycles. The summed E-state index contributed by atoms with van der Waals surface area (Å²) >= 11 is 0. The first-order valence-electron chi connectivity index (χ1n) is 6.43. The molecular weight excluding hydrogens is 268 g/mol. The first-order valence-corrected chi connectivity index (χ1v) is 6.43. The Bertz CT molecular complexity index is 338. The molecule has 2 atom stereocenters. The molecule has 0 aromatic rings. The van der Waals surface area contributed by atoms with Crippen molar-refractivity contribution in [1.29, 1.82) is 0 Å². The third-order valence-electron chi connectivity index (χ3n) is 3.21. The van der Waals surface area contributed by atoms with Crippen LogP contribution < -0.4 is 10.6 Å². The lowest BCUT2D eigenvalue weighted by molar-refractivity contribution is -0.148. The van der Waals surface area contributed by atoms with E-state index in [0.717, 1.165) is 0 Å². The quantitative estimate of drug-likeness (QED) is 0.517. The Labute approximate surface area is 117 Å². The van der Waals surface area contributed by atoms with Crippen molar-refractivity contribution < 1.29 is 28.9 Å². The fraction of sp³-hybridized carbons (Fsp3) is 0.833. The number of carbonyl (C=O) groups is 2. The van der Waals surface area contributed by atoms with E-state index in [1.54, 1.807) is 14.0 Å². The number of carboxylic acids is 1. The predicted octanol–water partition coefficient (Wildman–Crippen LogP) is -0.562. The van der Waals surface area contributed by atoms with Crippen LogP contribution in [-0.2, 0) is 19.0 Å². The highest BCUT2D eigenvalue weighted by molar-refractivity contribution is 5.79. The van der Waals surface area contributed by atoms with Gasteiger partial charge in [0.2, 0.25) is 0 Å². The minimum absolute atomic E-state index is 0.0907. The van der Waals surface area contributed by atoms with Gasteiger partial charge in [0.15, 0.2) is 0 Å². The molecule has 1 rings (SSSR count).